The van der Waals surface area contributed by atoms with Gasteiger partial charge in [-0.25, -0.2) is 0 Å². The zero-order valence-electron chi connectivity index (χ0n) is 14.2. The number of nitrogens with one attached hydrogen (secondary N) is 1. The summed E-state index contributed by atoms with van der Waals surface area (Å²) < 4.78 is 1.78. The molecule has 1 aromatic carbocycles. The monoisotopic (exact) mass is 342 g/mol. The zero-order valence-corrected chi connectivity index (χ0v) is 14.2. The summed E-state index contributed by atoms with van der Waals surface area (Å²) in [6, 6.07) is 10.9. The summed E-state index contributed by atoms with van der Waals surface area (Å²) in [6.45, 7) is 3.50. The molecule has 1 aromatic heterocycles. The third kappa shape index (κ3) is 4.06. The molecule has 25 heavy (non-hydrogen) atoms. The van der Waals surface area contributed by atoms with Gasteiger partial charge in [0.15, 0.2) is 5.69 Å². The van der Waals surface area contributed by atoms with Gasteiger partial charge in [0.25, 0.3) is 5.91 Å². The largest absolute Gasteiger partial charge is 0.387 e. The van der Waals surface area contributed by atoms with E-state index in [0.29, 0.717) is 25.3 Å². The first-order chi connectivity index (χ1) is 12.0. The number of aliphatic hydroxyl groups is 1. The first-order valence-electron chi connectivity index (χ1n) is 8.38. The first-order valence-corrected chi connectivity index (χ1v) is 8.38. The minimum Gasteiger partial charge on any atom is -0.387 e. The van der Waals surface area contributed by atoms with Crippen molar-refractivity contribution in [3.63, 3.8) is 0 Å². The van der Waals surface area contributed by atoms with E-state index in [1.165, 1.54) is 0 Å². The van der Waals surface area contributed by atoms with E-state index in [9.17, 15) is 14.7 Å². The van der Waals surface area contributed by atoms with Crippen molar-refractivity contribution in [2.24, 2.45) is 0 Å². The van der Waals surface area contributed by atoms with Crippen LogP contribution in [0.5, 0.6) is 0 Å². The predicted octanol–water partition coefficient (Wildman–Crippen LogP) is 1.10. The molecule has 0 aliphatic carbocycles. The van der Waals surface area contributed by atoms with Gasteiger partial charge >= 0.3 is 0 Å². The Morgan fingerprint density at radius 1 is 1.28 bits per heavy atom. The van der Waals surface area contributed by atoms with Gasteiger partial charge < -0.3 is 15.3 Å². The second-order valence-electron chi connectivity index (χ2n) is 6.17. The van der Waals surface area contributed by atoms with Gasteiger partial charge in [0.05, 0.1) is 18.3 Å². The average Bonchev–Trinajstić information content (AvgIpc) is 2.91. The smallest absolute Gasteiger partial charge is 0.271 e. The highest BCUT2D eigenvalue weighted by Crippen LogP contribution is 2.15. The van der Waals surface area contributed by atoms with E-state index in [-0.39, 0.29) is 18.4 Å². The molecule has 0 fully saturated rings. The van der Waals surface area contributed by atoms with Crippen molar-refractivity contribution >= 4 is 11.8 Å². The van der Waals surface area contributed by atoms with Gasteiger partial charge in [-0.2, -0.15) is 5.10 Å². The first kappa shape index (κ1) is 17.2. The topological polar surface area (TPSA) is 87.5 Å². The maximum atomic E-state index is 12.3. The number of carbonyl (C=O) groups is 2. The quantitative estimate of drug-likeness (QED) is 0.871. The number of aliphatic hydroxyl groups excluding tert-OH is 1. The third-order valence-corrected chi connectivity index (χ3v) is 4.33. The third-order valence-electron chi connectivity index (χ3n) is 4.33. The fraction of sp³-hybridized carbons (Fsp3) is 0.389. The summed E-state index contributed by atoms with van der Waals surface area (Å²) >= 11 is 0. The van der Waals surface area contributed by atoms with E-state index in [4.69, 9.17) is 0 Å². The summed E-state index contributed by atoms with van der Waals surface area (Å²) in [5, 5.41) is 17.2. The highest BCUT2D eigenvalue weighted by molar-refractivity contribution is 5.92. The highest BCUT2D eigenvalue weighted by Gasteiger charge is 2.21. The molecule has 0 radical (unpaired) electrons. The van der Waals surface area contributed by atoms with E-state index < -0.39 is 6.10 Å². The highest BCUT2D eigenvalue weighted by atomic mass is 16.3. The zero-order chi connectivity index (χ0) is 17.8. The minimum absolute atomic E-state index is 0.0200. The molecule has 1 atom stereocenters. The molecular formula is C18H22N4O3. The molecule has 0 spiro atoms. The molecule has 1 unspecified atom stereocenters. The van der Waals surface area contributed by atoms with Crippen molar-refractivity contribution in [3.05, 3.63) is 53.3 Å². The van der Waals surface area contributed by atoms with Crippen LogP contribution >= 0.6 is 0 Å². The Bertz CT molecular complexity index is 757. The summed E-state index contributed by atoms with van der Waals surface area (Å²) in [7, 11) is 0. The lowest BCUT2D eigenvalue weighted by atomic mass is 10.1. The summed E-state index contributed by atoms with van der Waals surface area (Å²) in [5.74, 6) is -0.309. The Balaban J connectivity index is 1.64. The number of carbonyl (C=O) groups excluding carboxylic acids is 2. The number of aromatic nitrogens is 2. The van der Waals surface area contributed by atoms with Crippen LogP contribution in [0.1, 0.15) is 41.2 Å². The number of fused-ring (bicyclic) bond motifs is 1. The van der Waals surface area contributed by atoms with Gasteiger partial charge in [0.1, 0.15) is 0 Å². The fourth-order valence-corrected chi connectivity index (χ4v) is 2.91. The van der Waals surface area contributed by atoms with Gasteiger partial charge in [-0.3, -0.25) is 14.3 Å². The van der Waals surface area contributed by atoms with Crippen LogP contribution in [-0.2, 0) is 17.9 Å². The van der Waals surface area contributed by atoms with Gasteiger partial charge in [0, 0.05) is 26.6 Å². The van der Waals surface area contributed by atoms with Gasteiger partial charge in [-0.15, -0.1) is 0 Å². The number of nitrogens with zero attached hydrogens (tertiary/aromatic N) is 3. The standard InChI is InChI=1S/C18H22N4O3/c1-13(23)21-8-5-9-22-15(12-21)10-16(20-22)18(25)19-11-17(24)14-6-3-2-4-7-14/h2-4,6-7,10,17,24H,5,8-9,11-12H2,1H3,(H,19,25). The summed E-state index contributed by atoms with van der Waals surface area (Å²) in [4.78, 5) is 25.7. The molecule has 3 rings (SSSR count). The number of benzene rings is 1. The van der Waals surface area contributed by atoms with Crippen LogP contribution in [0.15, 0.2) is 36.4 Å². The molecule has 0 bridgehead atoms. The lowest BCUT2D eigenvalue weighted by Crippen LogP contribution is -2.29. The molecule has 2 aromatic rings. The second-order valence-corrected chi connectivity index (χ2v) is 6.17. The molecule has 2 heterocycles. The molecule has 7 heteroatoms. The molecular weight excluding hydrogens is 320 g/mol. The summed E-state index contributed by atoms with van der Waals surface area (Å²) in [5.41, 5.74) is 1.91. The lowest BCUT2D eigenvalue weighted by Gasteiger charge is -2.17. The molecule has 7 nitrogen and oxygen atoms in total. The van der Waals surface area contributed by atoms with E-state index >= 15 is 0 Å². The Morgan fingerprint density at radius 3 is 2.76 bits per heavy atom. The van der Waals surface area contributed by atoms with Crippen LogP contribution in [0.3, 0.4) is 0 Å². The van der Waals surface area contributed by atoms with E-state index in [2.05, 4.69) is 10.4 Å². The number of hydrogen-bond acceptors (Lipinski definition) is 4. The van der Waals surface area contributed by atoms with Crippen LogP contribution < -0.4 is 5.32 Å². The van der Waals surface area contributed by atoms with E-state index in [0.717, 1.165) is 17.7 Å². The molecule has 2 amide bonds. The Hall–Kier alpha value is -2.67. The molecule has 2 N–H and O–H groups in total. The van der Waals surface area contributed by atoms with Crippen molar-refractivity contribution in [1.82, 2.24) is 20.0 Å². The van der Waals surface area contributed by atoms with Crippen molar-refractivity contribution in [2.75, 3.05) is 13.1 Å². The Morgan fingerprint density at radius 2 is 2.04 bits per heavy atom. The number of aryl methyl sites for hydroxylation is 1. The van der Waals surface area contributed by atoms with Gasteiger partial charge in [-0.1, -0.05) is 30.3 Å². The lowest BCUT2D eigenvalue weighted by molar-refractivity contribution is -0.129. The average molecular weight is 342 g/mol. The SMILES string of the molecule is CC(=O)N1CCCn2nc(C(=O)NCC(O)c3ccccc3)cc2C1. The fourth-order valence-electron chi connectivity index (χ4n) is 2.91. The van der Waals surface area contributed by atoms with Crippen LogP contribution in [0.4, 0.5) is 0 Å². The van der Waals surface area contributed by atoms with Crippen LogP contribution in [-0.4, -0.2) is 44.7 Å². The number of hydrogen-bond donors (Lipinski definition) is 2. The van der Waals surface area contributed by atoms with Crippen molar-refractivity contribution in [1.29, 1.82) is 0 Å². The van der Waals surface area contributed by atoms with Crippen molar-refractivity contribution < 1.29 is 14.7 Å². The predicted molar refractivity (Wildman–Crippen MR) is 91.7 cm³/mol. The van der Waals surface area contributed by atoms with Gasteiger partial charge in [-0.05, 0) is 18.1 Å². The minimum atomic E-state index is -0.765. The molecule has 0 saturated heterocycles. The van der Waals surface area contributed by atoms with Crippen LogP contribution in [0, 0.1) is 0 Å². The van der Waals surface area contributed by atoms with Gasteiger partial charge in [0.2, 0.25) is 5.91 Å². The molecule has 0 saturated carbocycles. The normalized spacial score (nSPS) is 15.2. The summed E-state index contributed by atoms with van der Waals surface area (Å²) in [6.07, 6.45) is 0.0426. The maximum absolute atomic E-state index is 12.3. The number of amides is 2. The Labute approximate surface area is 146 Å². The van der Waals surface area contributed by atoms with Crippen molar-refractivity contribution in [3.8, 4) is 0 Å². The Kier molecular flexibility index (Phi) is 5.14. The van der Waals surface area contributed by atoms with Crippen molar-refractivity contribution in [2.45, 2.75) is 32.5 Å². The number of rotatable bonds is 4. The molecule has 132 valence electrons. The van der Waals surface area contributed by atoms with E-state index in [1.807, 2.05) is 30.3 Å². The van der Waals surface area contributed by atoms with E-state index in [1.54, 1.807) is 22.6 Å². The second kappa shape index (κ2) is 7.48. The molecule has 1 aliphatic rings. The maximum Gasteiger partial charge on any atom is 0.271 e. The molecule has 1 aliphatic heterocycles. The van der Waals surface area contributed by atoms with Crippen LogP contribution in [0.25, 0.3) is 0 Å². The van der Waals surface area contributed by atoms with Crippen LogP contribution in [0.2, 0.25) is 0 Å².